The average molecular weight is 588 g/mol. The van der Waals surface area contributed by atoms with Crippen LogP contribution in [0.25, 0.3) is 6.08 Å². The van der Waals surface area contributed by atoms with Crippen molar-refractivity contribution < 1.29 is 22.1 Å². The maximum atomic E-state index is 12.7. The number of carbonyl (C=O) groups excluding carboxylic acids is 1. The quantitative estimate of drug-likeness (QED) is 0.166. The van der Waals surface area contributed by atoms with Gasteiger partial charge in [0.1, 0.15) is 16.5 Å². The topological polar surface area (TPSA) is 105 Å². The second-order valence-corrected chi connectivity index (χ2v) is 9.82. The van der Waals surface area contributed by atoms with E-state index in [0.717, 1.165) is 5.56 Å². The molecule has 0 radical (unpaired) electrons. The summed E-state index contributed by atoms with van der Waals surface area (Å²) in [5, 5.41) is 12.3. The summed E-state index contributed by atoms with van der Waals surface area (Å²) in [4.78, 5) is 12.6. The van der Waals surface area contributed by atoms with E-state index in [0.29, 0.717) is 14.8 Å². The Morgan fingerprint density at radius 3 is 2.50 bits per heavy atom. The first-order valence-corrected chi connectivity index (χ1v) is 12.7. The molecule has 0 unspecified atom stereocenters. The molecule has 0 bridgehead atoms. The maximum absolute atomic E-state index is 12.7. The van der Waals surface area contributed by atoms with E-state index in [9.17, 15) is 18.5 Å². The number of anilines is 1. The van der Waals surface area contributed by atoms with Crippen LogP contribution in [-0.2, 0) is 14.9 Å². The number of nitriles is 1. The molecule has 0 aliphatic rings. The number of carbonyl (C=O) groups is 1. The van der Waals surface area contributed by atoms with E-state index in [1.807, 2.05) is 41.7 Å². The molecule has 9 heteroatoms. The van der Waals surface area contributed by atoms with Crippen molar-refractivity contribution in [3.63, 3.8) is 0 Å². The number of hydrogen-bond donors (Lipinski definition) is 1. The molecule has 1 amide bonds. The van der Waals surface area contributed by atoms with E-state index in [2.05, 4.69) is 5.32 Å². The van der Waals surface area contributed by atoms with Crippen LogP contribution in [0, 0.1) is 21.8 Å². The minimum absolute atomic E-state index is 0.0109. The van der Waals surface area contributed by atoms with Crippen LogP contribution in [-0.4, -0.2) is 20.9 Å². The van der Waals surface area contributed by atoms with Crippen molar-refractivity contribution in [2.45, 2.75) is 18.7 Å². The number of benzene rings is 3. The number of nitrogens with one attached hydrogen (secondary N) is 1. The number of ether oxygens (including phenoxy) is 1. The smallest absolute Gasteiger partial charge is 0.339 e. The third-order valence-electron chi connectivity index (χ3n) is 4.51. The Morgan fingerprint density at radius 1 is 1.12 bits per heavy atom. The van der Waals surface area contributed by atoms with Gasteiger partial charge in [0.2, 0.25) is 0 Å². The van der Waals surface area contributed by atoms with Gasteiger partial charge in [-0.2, -0.15) is 13.7 Å². The van der Waals surface area contributed by atoms with E-state index in [-0.39, 0.29) is 28.6 Å². The lowest BCUT2D eigenvalue weighted by Crippen LogP contribution is -2.13. The molecule has 0 saturated heterocycles. The first-order valence-electron chi connectivity index (χ1n) is 10.2. The van der Waals surface area contributed by atoms with Gasteiger partial charge in [-0.1, -0.05) is 30.3 Å². The van der Waals surface area contributed by atoms with E-state index in [1.54, 1.807) is 49.4 Å². The van der Waals surface area contributed by atoms with Crippen LogP contribution >= 0.6 is 22.6 Å². The molecule has 0 saturated carbocycles. The van der Waals surface area contributed by atoms with Crippen molar-refractivity contribution in [1.82, 2.24) is 0 Å². The molecule has 0 aromatic heterocycles. The third kappa shape index (κ3) is 6.36. The summed E-state index contributed by atoms with van der Waals surface area (Å²) in [6.07, 6.45) is 1.41. The molecular formula is C25H21IN2O5S. The summed E-state index contributed by atoms with van der Waals surface area (Å²) in [6.45, 7) is 3.90. The molecule has 34 heavy (non-hydrogen) atoms. The van der Waals surface area contributed by atoms with Gasteiger partial charge in [-0.05, 0) is 90.0 Å². The van der Waals surface area contributed by atoms with Gasteiger partial charge in [0.25, 0.3) is 5.91 Å². The Balaban J connectivity index is 1.94. The zero-order valence-electron chi connectivity index (χ0n) is 18.4. The van der Waals surface area contributed by atoms with Gasteiger partial charge in [-0.25, -0.2) is 0 Å². The highest BCUT2D eigenvalue weighted by atomic mass is 127. The van der Waals surface area contributed by atoms with Crippen molar-refractivity contribution >= 4 is 50.4 Å². The van der Waals surface area contributed by atoms with Crippen molar-refractivity contribution in [2.24, 2.45) is 0 Å². The van der Waals surface area contributed by atoms with Gasteiger partial charge in [0.15, 0.2) is 11.5 Å². The van der Waals surface area contributed by atoms with E-state index in [1.165, 1.54) is 24.3 Å². The maximum Gasteiger partial charge on any atom is 0.339 e. The van der Waals surface area contributed by atoms with Crippen LogP contribution in [0.15, 0.2) is 77.2 Å². The number of hydrogen-bond acceptors (Lipinski definition) is 6. The van der Waals surface area contributed by atoms with Crippen molar-refractivity contribution in [3.05, 3.63) is 87.0 Å². The summed E-state index contributed by atoms with van der Waals surface area (Å²) in [5.74, 6) is -0.351. The minimum Gasteiger partial charge on any atom is -0.490 e. The summed E-state index contributed by atoms with van der Waals surface area (Å²) in [5.41, 5.74) is 1.90. The SMILES string of the molecule is CCOc1cc(/C=C(\C#N)C(=O)Nc2cccc(C)c2)cc(I)c1OS(=O)(=O)c1ccccc1. The molecular weight excluding hydrogens is 567 g/mol. The number of amides is 1. The van der Waals surface area contributed by atoms with Crippen LogP contribution in [0.3, 0.4) is 0 Å². The molecule has 3 aromatic carbocycles. The fourth-order valence-corrected chi connectivity index (χ4v) is 4.86. The van der Waals surface area contributed by atoms with E-state index >= 15 is 0 Å². The standard InChI is InChI=1S/C25H21IN2O5S/c1-3-32-23-15-18(13-19(16-27)25(29)28-20-9-7-8-17(2)12-20)14-22(26)24(23)33-34(30,31)21-10-5-4-6-11-21/h4-15H,3H2,1-2H3,(H,28,29)/b19-13+. The Hall–Kier alpha value is -3.36. The lowest BCUT2D eigenvalue weighted by atomic mass is 10.1. The zero-order valence-corrected chi connectivity index (χ0v) is 21.4. The highest BCUT2D eigenvalue weighted by molar-refractivity contribution is 14.1. The van der Waals surface area contributed by atoms with Gasteiger partial charge < -0.3 is 14.2 Å². The molecule has 1 N–H and O–H groups in total. The van der Waals surface area contributed by atoms with Crippen LogP contribution in [0.4, 0.5) is 5.69 Å². The number of aryl methyl sites for hydroxylation is 1. The Morgan fingerprint density at radius 2 is 1.85 bits per heavy atom. The second-order valence-electron chi connectivity index (χ2n) is 7.11. The Labute approximate surface area is 212 Å². The lowest BCUT2D eigenvalue weighted by Gasteiger charge is -2.14. The zero-order chi connectivity index (χ0) is 24.7. The number of nitrogens with zero attached hydrogens (tertiary/aromatic N) is 1. The fraction of sp³-hybridized carbons (Fsp3) is 0.120. The largest absolute Gasteiger partial charge is 0.490 e. The molecule has 0 aliphatic heterocycles. The monoisotopic (exact) mass is 588 g/mol. The first kappa shape index (κ1) is 25.3. The first-order chi connectivity index (χ1) is 16.2. The minimum atomic E-state index is -4.09. The molecule has 7 nitrogen and oxygen atoms in total. The van der Waals surface area contributed by atoms with Gasteiger partial charge in [-0.15, -0.1) is 0 Å². The molecule has 0 fully saturated rings. The second kappa shape index (κ2) is 11.2. The molecule has 3 aromatic rings. The number of rotatable bonds is 8. The van der Waals surface area contributed by atoms with Crippen molar-refractivity contribution in [3.8, 4) is 17.6 Å². The predicted molar refractivity (Wildman–Crippen MR) is 138 cm³/mol. The average Bonchev–Trinajstić information content (AvgIpc) is 2.80. The Kier molecular flexibility index (Phi) is 8.31. The molecule has 174 valence electrons. The lowest BCUT2D eigenvalue weighted by molar-refractivity contribution is -0.112. The predicted octanol–water partition coefficient (Wildman–Crippen LogP) is 5.31. The van der Waals surface area contributed by atoms with Gasteiger partial charge >= 0.3 is 10.1 Å². The van der Waals surface area contributed by atoms with Crippen LogP contribution < -0.4 is 14.2 Å². The summed E-state index contributed by atoms with van der Waals surface area (Å²) >= 11 is 1.93. The number of halogens is 1. The van der Waals surface area contributed by atoms with E-state index in [4.69, 9.17) is 8.92 Å². The highest BCUT2D eigenvalue weighted by Crippen LogP contribution is 2.37. The summed E-state index contributed by atoms with van der Waals surface area (Å²) < 4.78 is 36.9. The molecule has 0 aliphatic carbocycles. The molecule has 0 heterocycles. The fourth-order valence-electron chi connectivity index (χ4n) is 3.00. The van der Waals surface area contributed by atoms with Crippen LogP contribution in [0.5, 0.6) is 11.5 Å². The van der Waals surface area contributed by atoms with Crippen molar-refractivity contribution in [1.29, 1.82) is 5.26 Å². The van der Waals surface area contributed by atoms with Crippen molar-refractivity contribution in [2.75, 3.05) is 11.9 Å². The van der Waals surface area contributed by atoms with Gasteiger partial charge in [-0.3, -0.25) is 4.79 Å². The Bertz CT molecular complexity index is 1380. The molecule has 0 atom stereocenters. The molecule has 0 spiro atoms. The summed E-state index contributed by atoms with van der Waals surface area (Å²) in [6, 6.07) is 20.1. The third-order valence-corrected chi connectivity index (χ3v) is 6.55. The van der Waals surface area contributed by atoms with E-state index < -0.39 is 16.0 Å². The van der Waals surface area contributed by atoms with Gasteiger partial charge in [0.05, 0.1) is 10.2 Å². The highest BCUT2D eigenvalue weighted by Gasteiger charge is 2.22. The van der Waals surface area contributed by atoms with Crippen LogP contribution in [0.2, 0.25) is 0 Å². The normalized spacial score (nSPS) is 11.4. The molecule has 3 rings (SSSR count). The van der Waals surface area contributed by atoms with Crippen LogP contribution in [0.1, 0.15) is 18.1 Å². The summed E-state index contributed by atoms with van der Waals surface area (Å²) in [7, 11) is -4.09. The van der Waals surface area contributed by atoms with Gasteiger partial charge in [0, 0.05) is 5.69 Å².